The van der Waals surface area contributed by atoms with Crippen molar-refractivity contribution in [3.63, 3.8) is 0 Å². The van der Waals surface area contributed by atoms with Gasteiger partial charge >= 0.3 is 0 Å². The molecule has 1 N–H and O–H groups in total. The zero-order valence-corrected chi connectivity index (χ0v) is 13.0. The van der Waals surface area contributed by atoms with Crippen molar-refractivity contribution in [3.8, 4) is 0 Å². The van der Waals surface area contributed by atoms with Crippen molar-refractivity contribution in [2.24, 2.45) is 0 Å². The van der Waals surface area contributed by atoms with Crippen molar-refractivity contribution in [3.05, 3.63) is 64.1 Å². The first-order valence-electron chi connectivity index (χ1n) is 6.78. The molecule has 1 atom stereocenters. The first-order chi connectivity index (χ1) is 9.70. The van der Waals surface area contributed by atoms with Crippen molar-refractivity contribution < 1.29 is 4.39 Å². The maximum Gasteiger partial charge on any atom is 0.124 e. The highest BCUT2D eigenvalue weighted by Gasteiger charge is 2.13. The zero-order valence-electron chi connectivity index (χ0n) is 11.4. The van der Waals surface area contributed by atoms with Crippen molar-refractivity contribution in [2.45, 2.75) is 25.8 Å². The van der Waals surface area contributed by atoms with Gasteiger partial charge in [0.1, 0.15) is 5.82 Å². The highest BCUT2D eigenvalue weighted by molar-refractivity contribution is 9.10. The molecule has 2 nitrogen and oxygen atoms in total. The molecule has 2 aromatic rings. The number of hydrogen-bond donors (Lipinski definition) is 1. The molecule has 1 heterocycles. The highest BCUT2D eigenvalue weighted by atomic mass is 79.9. The number of halogens is 2. The molecule has 0 bridgehead atoms. The molecule has 0 saturated heterocycles. The van der Waals surface area contributed by atoms with Crippen LogP contribution in [-0.4, -0.2) is 11.5 Å². The van der Waals surface area contributed by atoms with E-state index in [-0.39, 0.29) is 11.9 Å². The van der Waals surface area contributed by atoms with Gasteiger partial charge in [0.25, 0.3) is 0 Å². The van der Waals surface area contributed by atoms with Crippen LogP contribution in [0.1, 0.15) is 30.5 Å². The molecule has 0 aliphatic rings. The maximum atomic E-state index is 13.2. The Bertz CT molecular complexity index is 545. The van der Waals surface area contributed by atoms with Crippen LogP contribution in [0.15, 0.2) is 47.2 Å². The van der Waals surface area contributed by atoms with Crippen LogP contribution in [0.25, 0.3) is 0 Å². The van der Waals surface area contributed by atoms with Gasteiger partial charge in [-0.2, -0.15) is 0 Å². The van der Waals surface area contributed by atoms with E-state index in [4.69, 9.17) is 0 Å². The normalized spacial score (nSPS) is 12.3. The van der Waals surface area contributed by atoms with E-state index in [1.807, 2.05) is 18.2 Å². The third kappa shape index (κ3) is 4.12. The fraction of sp³-hybridized carbons (Fsp3) is 0.312. The molecular weight excluding hydrogens is 319 g/mol. The summed E-state index contributed by atoms with van der Waals surface area (Å²) in [5.74, 6) is -0.220. The third-order valence-electron chi connectivity index (χ3n) is 3.19. The zero-order chi connectivity index (χ0) is 14.4. The molecule has 0 spiro atoms. The molecule has 1 aromatic carbocycles. The summed E-state index contributed by atoms with van der Waals surface area (Å²) in [5, 5.41) is 3.53. The van der Waals surface area contributed by atoms with Gasteiger partial charge in [0.05, 0.1) is 0 Å². The van der Waals surface area contributed by atoms with Gasteiger partial charge < -0.3 is 5.32 Å². The van der Waals surface area contributed by atoms with Crippen LogP contribution >= 0.6 is 15.9 Å². The Morgan fingerprint density at radius 1 is 1.25 bits per heavy atom. The van der Waals surface area contributed by atoms with Gasteiger partial charge in [-0.1, -0.05) is 28.9 Å². The largest absolute Gasteiger partial charge is 0.310 e. The molecule has 1 unspecified atom stereocenters. The van der Waals surface area contributed by atoms with E-state index < -0.39 is 0 Å². The number of hydrogen-bond acceptors (Lipinski definition) is 2. The topological polar surface area (TPSA) is 24.9 Å². The lowest BCUT2D eigenvalue weighted by molar-refractivity contribution is 0.527. The molecule has 0 saturated carbocycles. The molecule has 0 aliphatic carbocycles. The Labute approximate surface area is 127 Å². The van der Waals surface area contributed by atoms with Crippen LogP contribution in [0.3, 0.4) is 0 Å². The van der Waals surface area contributed by atoms with E-state index in [0.717, 1.165) is 29.4 Å². The van der Waals surface area contributed by atoms with Crippen LogP contribution in [0.4, 0.5) is 4.39 Å². The first kappa shape index (κ1) is 15.1. The highest BCUT2D eigenvalue weighted by Crippen LogP contribution is 2.24. The molecule has 4 heteroatoms. The van der Waals surface area contributed by atoms with E-state index in [0.29, 0.717) is 0 Å². The van der Waals surface area contributed by atoms with Crippen LogP contribution in [0.2, 0.25) is 0 Å². The molecule has 2 rings (SSSR count). The summed E-state index contributed by atoms with van der Waals surface area (Å²) in [6.07, 6.45) is 5.49. The van der Waals surface area contributed by atoms with Gasteiger partial charge in [0, 0.05) is 22.9 Å². The Balaban J connectivity index is 2.19. The molecular formula is C16H18BrFN2. The average molecular weight is 337 g/mol. The second-order valence-electron chi connectivity index (χ2n) is 4.73. The molecule has 20 heavy (non-hydrogen) atoms. The summed E-state index contributed by atoms with van der Waals surface area (Å²) < 4.78 is 14.0. The fourth-order valence-corrected chi connectivity index (χ4v) is 2.64. The summed E-state index contributed by atoms with van der Waals surface area (Å²) in [7, 11) is 0. The van der Waals surface area contributed by atoms with E-state index in [1.54, 1.807) is 12.4 Å². The van der Waals surface area contributed by atoms with E-state index in [2.05, 4.69) is 33.2 Å². The Morgan fingerprint density at radius 2 is 2.00 bits per heavy atom. The average Bonchev–Trinajstić information content (AvgIpc) is 2.46. The van der Waals surface area contributed by atoms with E-state index in [9.17, 15) is 4.39 Å². The molecule has 0 aliphatic heterocycles. The predicted octanol–water partition coefficient (Wildman–Crippen LogP) is 4.27. The minimum Gasteiger partial charge on any atom is -0.310 e. The number of aromatic nitrogens is 1. The van der Waals surface area contributed by atoms with Gasteiger partial charge in [-0.15, -0.1) is 0 Å². The number of pyridine rings is 1. The van der Waals surface area contributed by atoms with Gasteiger partial charge in [-0.3, -0.25) is 4.98 Å². The standard InChI is InChI=1S/C16H18BrFN2/c1-2-7-20-16(12-5-8-19-9-6-12)10-13-3-4-14(18)11-15(13)17/h3-6,8-9,11,16,20H,2,7,10H2,1H3. The lowest BCUT2D eigenvalue weighted by Crippen LogP contribution is -2.24. The Morgan fingerprint density at radius 3 is 2.65 bits per heavy atom. The molecule has 0 amide bonds. The van der Waals surface area contributed by atoms with Crippen molar-refractivity contribution in [1.82, 2.24) is 10.3 Å². The lowest BCUT2D eigenvalue weighted by atomic mass is 9.99. The summed E-state index contributed by atoms with van der Waals surface area (Å²) in [6, 6.07) is 9.10. The Hall–Kier alpha value is -1.26. The van der Waals surface area contributed by atoms with Gasteiger partial charge in [-0.05, 0) is 54.8 Å². The van der Waals surface area contributed by atoms with Crippen molar-refractivity contribution in [1.29, 1.82) is 0 Å². The first-order valence-corrected chi connectivity index (χ1v) is 7.57. The van der Waals surface area contributed by atoms with Crippen LogP contribution in [0, 0.1) is 5.82 Å². The minimum absolute atomic E-state index is 0.208. The third-order valence-corrected chi connectivity index (χ3v) is 3.93. The lowest BCUT2D eigenvalue weighted by Gasteiger charge is -2.19. The summed E-state index contributed by atoms with van der Waals surface area (Å²) in [6.45, 7) is 3.09. The van der Waals surface area contributed by atoms with Gasteiger partial charge in [0.2, 0.25) is 0 Å². The quantitative estimate of drug-likeness (QED) is 0.852. The van der Waals surface area contributed by atoms with Gasteiger partial charge in [-0.25, -0.2) is 4.39 Å². The van der Waals surface area contributed by atoms with E-state index in [1.165, 1.54) is 17.7 Å². The Kier molecular flexibility index (Phi) is 5.68. The summed E-state index contributed by atoms with van der Waals surface area (Å²) in [4.78, 5) is 4.06. The second kappa shape index (κ2) is 7.50. The van der Waals surface area contributed by atoms with Crippen molar-refractivity contribution in [2.75, 3.05) is 6.54 Å². The van der Waals surface area contributed by atoms with Crippen LogP contribution in [-0.2, 0) is 6.42 Å². The van der Waals surface area contributed by atoms with Crippen LogP contribution in [0.5, 0.6) is 0 Å². The number of nitrogens with zero attached hydrogens (tertiary/aromatic N) is 1. The molecule has 0 fully saturated rings. The summed E-state index contributed by atoms with van der Waals surface area (Å²) in [5.41, 5.74) is 2.29. The second-order valence-corrected chi connectivity index (χ2v) is 5.58. The van der Waals surface area contributed by atoms with E-state index >= 15 is 0 Å². The smallest absolute Gasteiger partial charge is 0.124 e. The number of nitrogens with one attached hydrogen (secondary N) is 1. The van der Waals surface area contributed by atoms with Crippen molar-refractivity contribution >= 4 is 15.9 Å². The molecule has 106 valence electrons. The molecule has 1 aromatic heterocycles. The maximum absolute atomic E-state index is 13.2. The predicted molar refractivity (Wildman–Crippen MR) is 83.1 cm³/mol. The van der Waals surface area contributed by atoms with Gasteiger partial charge in [0.15, 0.2) is 0 Å². The number of rotatable bonds is 6. The minimum atomic E-state index is -0.220. The number of benzene rings is 1. The SMILES string of the molecule is CCCNC(Cc1ccc(F)cc1Br)c1ccncc1. The van der Waals surface area contributed by atoms with Crippen LogP contribution < -0.4 is 5.32 Å². The fourth-order valence-electron chi connectivity index (χ4n) is 2.13. The summed E-state index contributed by atoms with van der Waals surface area (Å²) >= 11 is 3.44. The molecule has 0 radical (unpaired) electrons. The monoisotopic (exact) mass is 336 g/mol.